The van der Waals surface area contributed by atoms with Crippen LogP contribution < -0.4 is 15.1 Å². The van der Waals surface area contributed by atoms with Crippen LogP contribution in [0.2, 0.25) is 5.15 Å². The fourth-order valence-electron chi connectivity index (χ4n) is 4.14. The minimum absolute atomic E-state index is 0.0144. The summed E-state index contributed by atoms with van der Waals surface area (Å²) in [5.41, 5.74) is 0.628. The lowest BCUT2D eigenvalue weighted by molar-refractivity contribution is -0.119. The number of carbonyl (C=O) groups excluding carboxylic acids is 1. The van der Waals surface area contributed by atoms with Gasteiger partial charge in [-0.05, 0) is 25.0 Å². The first-order valence-corrected chi connectivity index (χ1v) is 12.2. The molecule has 2 heterocycles. The maximum Gasteiger partial charge on any atom is 0.230 e. The maximum absolute atomic E-state index is 14.1. The molecule has 1 saturated carbocycles. The second-order valence-electron chi connectivity index (χ2n) is 7.95. The minimum Gasteiger partial charge on any atom is -0.366 e. The second kappa shape index (κ2) is 10.5. The van der Waals surface area contributed by atoms with E-state index in [9.17, 15) is 9.18 Å². The molecule has 0 spiro atoms. The van der Waals surface area contributed by atoms with E-state index in [1.54, 1.807) is 18.2 Å². The van der Waals surface area contributed by atoms with Gasteiger partial charge in [0, 0.05) is 38.3 Å². The van der Waals surface area contributed by atoms with Gasteiger partial charge in [-0.1, -0.05) is 54.8 Å². The number of hydrogen-bond donors (Lipinski definition) is 1. The van der Waals surface area contributed by atoms with Gasteiger partial charge in [-0.2, -0.15) is 0 Å². The van der Waals surface area contributed by atoms with Crippen LogP contribution in [0.15, 0.2) is 35.5 Å². The Hall–Kier alpha value is -2.06. The van der Waals surface area contributed by atoms with Crippen molar-refractivity contribution < 1.29 is 9.18 Å². The number of carbonyl (C=O) groups is 1. The molecule has 1 aliphatic carbocycles. The molecule has 4 rings (SSSR count). The van der Waals surface area contributed by atoms with E-state index in [1.165, 1.54) is 37.1 Å². The first kappa shape index (κ1) is 22.1. The SMILES string of the molecule is O=C(CSc1nc(Cl)cc(N2CCN(c3ccccc3F)CC2)n1)NC1CCCCC1. The van der Waals surface area contributed by atoms with Crippen molar-refractivity contribution in [2.45, 2.75) is 43.3 Å². The lowest BCUT2D eigenvalue weighted by Crippen LogP contribution is -2.47. The predicted octanol–water partition coefficient (Wildman–Crippen LogP) is 4.14. The molecule has 31 heavy (non-hydrogen) atoms. The van der Waals surface area contributed by atoms with Gasteiger partial charge >= 0.3 is 0 Å². The highest BCUT2D eigenvalue weighted by atomic mass is 35.5. The molecular weight excluding hydrogens is 437 g/mol. The fourth-order valence-corrected chi connectivity index (χ4v) is 5.04. The molecule has 2 aromatic rings. The number of para-hydroxylation sites is 1. The lowest BCUT2D eigenvalue weighted by Gasteiger charge is -2.36. The zero-order valence-corrected chi connectivity index (χ0v) is 19.0. The minimum atomic E-state index is -0.203. The number of piperazine rings is 1. The van der Waals surface area contributed by atoms with Crippen molar-refractivity contribution in [2.75, 3.05) is 41.7 Å². The summed E-state index contributed by atoms with van der Waals surface area (Å²) in [7, 11) is 0. The zero-order valence-electron chi connectivity index (χ0n) is 17.4. The molecule has 0 unspecified atom stereocenters. The summed E-state index contributed by atoms with van der Waals surface area (Å²) in [6.45, 7) is 2.78. The highest BCUT2D eigenvalue weighted by Gasteiger charge is 2.22. The number of aromatic nitrogens is 2. The summed E-state index contributed by atoms with van der Waals surface area (Å²) < 4.78 is 14.1. The Kier molecular flexibility index (Phi) is 7.50. The van der Waals surface area contributed by atoms with Crippen LogP contribution in [-0.4, -0.2) is 53.8 Å². The Labute approximate surface area is 191 Å². The van der Waals surface area contributed by atoms with Gasteiger partial charge in [-0.25, -0.2) is 14.4 Å². The van der Waals surface area contributed by atoms with E-state index in [2.05, 4.69) is 20.2 Å². The number of nitrogens with zero attached hydrogens (tertiary/aromatic N) is 4. The van der Waals surface area contributed by atoms with Gasteiger partial charge in [0.05, 0.1) is 11.4 Å². The normalized spacial score (nSPS) is 17.6. The van der Waals surface area contributed by atoms with Crippen LogP contribution in [0, 0.1) is 5.82 Å². The number of thioether (sulfide) groups is 1. The fraction of sp³-hybridized carbons (Fsp3) is 0.500. The lowest BCUT2D eigenvalue weighted by atomic mass is 9.95. The van der Waals surface area contributed by atoms with Crippen molar-refractivity contribution in [3.05, 3.63) is 41.3 Å². The summed E-state index contributed by atoms with van der Waals surface area (Å²) in [6.07, 6.45) is 5.75. The highest BCUT2D eigenvalue weighted by molar-refractivity contribution is 7.99. The molecule has 2 aliphatic rings. The summed E-state index contributed by atoms with van der Waals surface area (Å²) in [5, 5.41) is 3.97. The Balaban J connectivity index is 1.32. The number of benzene rings is 1. The van der Waals surface area contributed by atoms with Crippen LogP contribution in [0.4, 0.5) is 15.9 Å². The van der Waals surface area contributed by atoms with Gasteiger partial charge in [-0.3, -0.25) is 4.79 Å². The van der Waals surface area contributed by atoms with Crippen molar-refractivity contribution in [2.24, 2.45) is 0 Å². The van der Waals surface area contributed by atoms with E-state index >= 15 is 0 Å². The molecular formula is C22H27ClFN5OS. The van der Waals surface area contributed by atoms with Crippen LogP contribution in [0.25, 0.3) is 0 Å². The Morgan fingerprint density at radius 1 is 1.10 bits per heavy atom. The first-order valence-electron chi connectivity index (χ1n) is 10.8. The van der Waals surface area contributed by atoms with E-state index < -0.39 is 0 Å². The number of halogens is 2. The maximum atomic E-state index is 14.1. The van der Waals surface area contributed by atoms with Crippen molar-refractivity contribution in [3.8, 4) is 0 Å². The summed E-state index contributed by atoms with van der Waals surface area (Å²) >= 11 is 7.54. The molecule has 0 radical (unpaired) electrons. The topological polar surface area (TPSA) is 61.4 Å². The van der Waals surface area contributed by atoms with E-state index in [-0.39, 0.29) is 17.5 Å². The number of rotatable bonds is 6. The Bertz CT molecular complexity index is 903. The molecule has 1 saturated heterocycles. The summed E-state index contributed by atoms with van der Waals surface area (Å²) in [5.74, 6) is 0.826. The predicted molar refractivity (Wildman–Crippen MR) is 124 cm³/mol. The van der Waals surface area contributed by atoms with Crippen molar-refractivity contribution in [1.82, 2.24) is 15.3 Å². The van der Waals surface area contributed by atoms with Gasteiger partial charge in [0.1, 0.15) is 16.8 Å². The average Bonchev–Trinajstić information content (AvgIpc) is 2.79. The molecule has 1 N–H and O–H groups in total. The standard InChI is InChI=1S/C22H27ClFN5OS/c23-19-14-20(29-12-10-28(11-13-29)18-9-5-4-8-17(18)24)27-22(26-19)31-15-21(30)25-16-6-2-1-3-7-16/h4-5,8-9,14,16H,1-3,6-7,10-13,15H2,(H,25,30). The molecule has 0 bridgehead atoms. The number of hydrogen-bond acceptors (Lipinski definition) is 6. The number of amides is 1. The smallest absolute Gasteiger partial charge is 0.230 e. The van der Waals surface area contributed by atoms with E-state index in [0.717, 1.165) is 18.7 Å². The highest BCUT2D eigenvalue weighted by Crippen LogP contribution is 2.25. The zero-order chi connectivity index (χ0) is 21.6. The third-order valence-corrected chi connectivity index (χ3v) is 6.80. The molecule has 1 aromatic carbocycles. The summed E-state index contributed by atoms with van der Waals surface area (Å²) in [4.78, 5) is 25.3. The molecule has 2 fully saturated rings. The molecule has 166 valence electrons. The monoisotopic (exact) mass is 463 g/mol. The average molecular weight is 464 g/mol. The van der Waals surface area contributed by atoms with Crippen molar-refractivity contribution in [1.29, 1.82) is 0 Å². The molecule has 1 aromatic heterocycles. The molecule has 9 heteroatoms. The van der Waals surface area contributed by atoms with Crippen molar-refractivity contribution >= 4 is 40.8 Å². The van der Waals surface area contributed by atoms with Crippen LogP contribution >= 0.6 is 23.4 Å². The van der Waals surface area contributed by atoms with E-state index in [1.807, 2.05) is 11.0 Å². The van der Waals surface area contributed by atoms with Gasteiger partial charge in [0.15, 0.2) is 5.16 Å². The van der Waals surface area contributed by atoms with E-state index in [4.69, 9.17) is 11.6 Å². The number of nitrogens with one attached hydrogen (secondary N) is 1. The molecule has 0 atom stereocenters. The van der Waals surface area contributed by atoms with Gasteiger partial charge in [0.2, 0.25) is 5.91 Å². The third-order valence-electron chi connectivity index (χ3n) is 5.76. The van der Waals surface area contributed by atoms with Gasteiger partial charge in [0.25, 0.3) is 0 Å². The Morgan fingerprint density at radius 2 is 1.81 bits per heavy atom. The van der Waals surface area contributed by atoms with Crippen LogP contribution in [-0.2, 0) is 4.79 Å². The molecule has 1 aliphatic heterocycles. The number of anilines is 2. The van der Waals surface area contributed by atoms with Crippen LogP contribution in [0.5, 0.6) is 0 Å². The second-order valence-corrected chi connectivity index (χ2v) is 9.28. The first-order chi connectivity index (χ1) is 15.1. The van der Waals surface area contributed by atoms with Crippen LogP contribution in [0.1, 0.15) is 32.1 Å². The Morgan fingerprint density at radius 3 is 2.55 bits per heavy atom. The largest absolute Gasteiger partial charge is 0.366 e. The van der Waals surface area contributed by atoms with Gasteiger partial charge < -0.3 is 15.1 Å². The van der Waals surface area contributed by atoms with Crippen LogP contribution in [0.3, 0.4) is 0 Å². The van der Waals surface area contributed by atoms with Gasteiger partial charge in [-0.15, -0.1) is 0 Å². The van der Waals surface area contributed by atoms with E-state index in [0.29, 0.717) is 48.2 Å². The molecule has 1 amide bonds. The summed E-state index contributed by atoms with van der Waals surface area (Å²) in [6, 6.07) is 8.88. The van der Waals surface area contributed by atoms with Crippen molar-refractivity contribution in [3.63, 3.8) is 0 Å². The third kappa shape index (κ3) is 6.01. The molecule has 6 nitrogen and oxygen atoms in total. The quantitative estimate of drug-likeness (QED) is 0.394.